The third-order valence-corrected chi connectivity index (χ3v) is 3.26. The van der Waals surface area contributed by atoms with Gasteiger partial charge in [0, 0.05) is 0 Å². The SMILES string of the molecule is C[N+](C)(CCS(=O)(=O)[O-])CCS(=O)(=O)[O-]. The van der Waals surface area contributed by atoms with E-state index in [2.05, 4.69) is 0 Å². The van der Waals surface area contributed by atoms with E-state index in [4.69, 9.17) is 0 Å². The molecule has 0 saturated heterocycles. The Bertz CT molecular complexity index is 357. The molecular formula is C6H14NO6S2-. The zero-order chi connectivity index (χ0) is 12.3. The predicted octanol–water partition coefficient (Wildman–Crippen LogP) is -1.85. The summed E-state index contributed by atoms with van der Waals surface area (Å²) in [6.07, 6.45) is 0. The van der Waals surface area contributed by atoms with Crippen molar-refractivity contribution in [1.82, 2.24) is 0 Å². The van der Waals surface area contributed by atoms with E-state index in [1.54, 1.807) is 14.1 Å². The monoisotopic (exact) mass is 260 g/mol. The van der Waals surface area contributed by atoms with Crippen LogP contribution in [0.15, 0.2) is 0 Å². The minimum Gasteiger partial charge on any atom is -0.748 e. The summed E-state index contributed by atoms with van der Waals surface area (Å²) >= 11 is 0. The molecule has 0 aromatic carbocycles. The minimum atomic E-state index is -4.30. The molecule has 0 aromatic heterocycles. The van der Waals surface area contributed by atoms with Crippen molar-refractivity contribution in [2.75, 3.05) is 38.7 Å². The normalized spacial score (nSPS) is 14.1. The molecule has 0 saturated carbocycles. The maximum Gasteiger partial charge on any atom is 0.100 e. The highest BCUT2D eigenvalue weighted by Crippen LogP contribution is 1.99. The summed E-state index contributed by atoms with van der Waals surface area (Å²) in [7, 11) is -5.50. The summed E-state index contributed by atoms with van der Waals surface area (Å²) in [5.74, 6) is -1.14. The molecule has 0 aromatic rings. The molecule has 0 aliphatic heterocycles. The molecule has 9 heteroatoms. The van der Waals surface area contributed by atoms with Crippen molar-refractivity contribution < 1.29 is 30.4 Å². The Morgan fingerprint density at radius 3 is 1.33 bits per heavy atom. The van der Waals surface area contributed by atoms with Gasteiger partial charge in [-0.15, -0.1) is 0 Å². The number of quaternary nitrogens is 1. The van der Waals surface area contributed by atoms with Crippen molar-refractivity contribution in [2.24, 2.45) is 0 Å². The van der Waals surface area contributed by atoms with Crippen LogP contribution in [0.25, 0.3) is 0 Å². The molecule has 0 atom stereocenters. The van der Waals surface area contributed by atoms with Gasteiger partial charge in [0.25, 0.3) is 0 Å². The van der Waals surface area contributed by atoms with Gasteiger partial charge in [-0.1, -0.05) is 0 Å². The average Bonchev–Trinajstić information content (AvgIpc) is 1.96. The second kappa shape index (κ2) is 4.74. The van der Waals surface area contributed by atoms with E-state index in [1.807, 2.05) is 0 Å². The topological polar surface area (TPSA) is 114 Å². The van der Waals surface area contributed by atoms with Crippen molar-refractivity contribution in [1.29, 1.82) is 0 Å². The Labute approximate surface area is 89.8 Å². The third-order valence-electron chi connectivity index (χ3n) is 1.89. The summed E-state index contributed by atoms with van der Waals surface area (Å²) in [6, 6.07) is 0. The van der Waals surface area contributed by atoms with Gasteiger partial charge >= 0.3 is 0 Å². The van der Waals surface area contributed by atoms with E-state index >= 15 is 0 Å². The molecule has 0 unspecified atom stereocenters. The third kappa shape index (κ3) is 10.1. The van der Waals surface area contributed by atoms with Gasteiger partial charge in [-0.25, -0.2) is 16.8 Å². The quantitative estimate of drug-likeness (QED) is 0.409. The van der Waals surface area contributed by atoms with Crippen LogP contribution in [0.3, 0.4) is 0 Å². The molecular weight excluding hydrogens is 246 g/mol. The Kier molecular flexibility index (Phi) is 4.67. The molecule has 92 valence electrons. The largest absolute Gasteiger partial charge is 0.748 e. The van der Waals surface area contributed by atoms with Gasteiger partial charge in [-0.3, -0.25) is 0 Å². The molecule has 0 rings (SSSR count). The van der Waals surface area contributed by atoms with Gasteiger partial charge in [-0.2, -0.15) is 0 Å². The van der Waals surface area contributed by atoms with Crippen LogP contribution in [0.2, 0.25) is 0 Å². The van der Waals surface area contributed by atoms with Gasteiger partial charge in [0.2, 0.25) is 0 Å². The van der Waals surface area contributed by atoms with Crippen LogP contribution >= 0.6 is 0 Å². The first-order chi connectivity index (χ1) is 6.41. The van der Waals surface area contributed by atoms with Crippen molar-refractivity contribution in [2.45, 2.75) is 0 Å². The Morgan fingerprint density at radius 2 is 1.13 bits per heavy atom. The van der Waals surface area contributed by atoms with E-state index in [1.165, 1.54) is 0 Å². The zero-order valence-electron chi connectivity index (χ0n) is 8.54. The zero-order valence-corrected chi connectivity index (χ0v) is 10.2. The van der Waals surface area contributed by atoms with Crippen molar-refractivity contribution >= 4 is 20.2 Å². The Hall–Kier alpha value is -0.220. The van der Waals surface area contributed by atoms with Gasteiger partial charge in [0.15, 0.2) is 0 Å². The maximum atomic E-state index is 10.3. The second-order valence-corrected chi connectivity index (χ2v) is 6.95. The summed E-state index contributed by atoms with van der Waals surface area (Å²) in [5.41, 5.74) is 0. The maximum absolute atomic E-state index is 10.3. The molecule has 0 heterocycles. The van der Waals surface area contributed by atoms with Crippen LogP contribution in [0.5, 0.6) is 0 Å². The summed E-state index contributed by atoms with van der Waals surface area (Å²) in [4.78, 5) is 0. The predicted molar refractivity (Wildman–Crippen MR) is 51.0 cm³/mol. The van der Waals surface area contributed by atoms with E-state index in [-0.39, 0.29) is 17.6 Å². The van der Waals surface area contributed by atoms with E-state index < -0.39 is 31.7 Å². The smallest absolute Gasteiger partial charge is 0.100 e. The first-order valence-electron chi connectivity index (χ1n) is 4.10. The highest BCUT2D eigenvalue weighted by atomic mass is 32.2. The van der Waals surface area contributed by atoms with Gasteiger partial charge in [0.05, 0.1) is 38.7 Å². The van der Waals surface area contributed by atoms with Crippen molar-refractivity contribution in [3.05, 3.63) is 0 Å². The lowest BCUT2D eigenvalue weighted by atomic mass is 10.5. The number of rotatable bonds is 6. The van der Waals surface area contributed by atoms with Crippen LogP contribution in [-0.4, -0.2) is 69.1 Å². The minimum absolute atomic E-state index is 0.00292. The molecule has 0 amide bonds. The first-order valence-corrected chi connectivity index (χ1v) is 7.26. The average molecular weight is 260 g/mol. The Morgan fingerprint density at radius 1 is 0.867 bits per heavy atom. The summed E-state index contributed by atoms with van der Waals surface area (Å²) < 4.78 is 62.0. The lowest BCUT2D eigenvalue weighted by molar-refractivity contribution is -0.885. The highest BCUT2D eigenvalue weighted by molar-refractivity contribution is 7.85. The molecule has 0 fully saturated rings. The van der Waals surface area contributed by atoms with Crippen LogP contribution in [0.4, 0.5) is 0 Å². The Balaban J connectivity index is 4.21. The summed E-state index contributed by atoms with van der Waals surface area (Å²) in [5, 5.41) is 0. The van der Waals surface area contributed by atoms with Crippen molar-refractivity contribution in [3.63, 3.8) is 0 Å². The number of hydrogen-bond donors (Lipinski definition) is 0. The number of nitrogens with zero attached hydrogens (tertiary/aromatic N) is 1. The van der Waals surface area contributed by atoms with Gasteiger partial charge in [-0.05, 0) is 0 Å². The van der Waals surface area contributed by atoms with E-state index in [9.17, 15) is 25.9 Å². The van der Waals surface area contributed by atoms with Gasteiger partial charge < -0.3 is 13.6 Å². The van der Waals surface area contributed by atoms with Crippen molar-refractivity contribution in [3.8, 4) is 0 Å². The van der Waals surface area contributed by atoms with Crippen LogP contribution < -0.4 is 0 Å². The molecule has 7 nitrogen and oxygen atoms in total. The fourth-order valence-electron chi connectivity index (χ4n) is 0.830. The summed E-state index contributed by atoms with van der Waals surface area (Å²) in [6.45, 7) is -0.0251. The van der Waals surface area contributed by atoms with Crippen LogP contribution in [0.1, 0.15) is 0 Å². The molecule has 15 heavy (non-hydrogen) atoms. The standard InChI is InChI=1S/C6H15NO6S2/c1-7(2,3-5-14(8,9)10)4-6-15(11,12)13/h3-6H2,1-2H3,(H-,8,9,10,11,12,13)/p-1. The first kappa shape index (κ1) is 14.8. The molecule has 0 aliphatic carbocycles. The molecule has 0 radical (unpaired) electrons. The van der Waals surface area contributed by atoms with E-state index in [0.717, 1.165) is 0 Å². The lowest BCUT2D eigenvalue weighted by Gasteiger charge is -2.30. The van der Waals surface area contributed by atoms with Gasteiger partial charge in [0.1, 0.15) is 20.2 Å². The molecule has 0 aliphatic rings. The highest BCUT2D eigenvalue weighted by Gasteiger charge is 2.17. The fraction of sp³-hybridized carbons (Fsp3) is 1.00. The number of hydrogen-bond acceptors (Lipinski definition) is 6. The van der Waals surface area contributed by atoms with E-state index in [0.29, 0.717) is 0 Å². The molecule has 0 N–H and O–H groups in total. The second-order valence-electron chi connectivity index (χ2n) is 3.91. The molecule has 0 bridgehead atoms. The molecule has 0 spiro atoms. The fourth-order valence-corrected chi connectivity index (χ4v) is 2.27. The lowest BCUT2D eigenvalue weighted by Crippen LogP contribution is -2.46. The van der Waals surface area contributed by atoms with Crippen LogP contribution in [0, 0.1) is 0 Å². The van der Waals surface area contributed by atoms with Crippen LogP contribution in [-0.2, 0) is 20.2 Å².